The van der Waals surface area contributed by atoms with Gasteiger partial charge in [0.2, 0.25) is 5.91 Å². The van der Waals surface area contributed by atoms with Crippen molar-refractivity contribution >= 4 is 17.4 Å². The van der Waals surface area contributed by atoms with Crippen LogP contribution in [0.1, 0.15) is 12.8 Å². The predicted molar refractivity (Wildman–Crippen MR) is 118 cm³/mol. The van der Waals surface area contributed by atoms with Gasteiger partial charge in [0.25, 0.3) is 0 Å². The molecule has 31 heavy (non-hydrogen) atoms. The molecule has 1 saturated heterocycles. The summed E-state index contributed by atoms with van der Waals surface area (Å²) in [4.78, 5) is 19.1. The van der Waals surface area contributed by atoms with Crippen molar-refractivity contribution in [2.45, 2.75) is 12.8 Å². The Kier molecular flexibility index (Phi) is 6.26. The molecule has 1 unspecified atom stereocenters. The maximum atomic E-state index is 12.9. The van der Waals surface area contributed by atoms with Gasteiger partial charge in [0.05, 0.1) is 25.8 Å². The lowest BCUT2D eigenvalue weighted by molar-refractivity contribution is -0.120. The Balaban J connectivity index is 1.43. The Hall–Kier alpha value is -3.68. The minimum atomic E-state index is -0.146. The molecule has 3 aromatic rings. The zero-order chi connectivity index (χ0) is 21.6. The Bertz CT molecular complexity index is 1000. The van der Waals surface area contributed by atoms with Crippen molar-refractivity contribution in [3.05, 3.63) is 54.9 Å². The van der Waals surface area contributed by atoms with Gasteiger partial charge in [-0.3, -0.25) is 9.78 Å². The number of nitrogens with one attached hydrogen (secondary N) is 1. The summed E-state index contributed by atoms with van der Waals surface area (Å²) >= 11 is 0. The number of piperidine rings is 1. The minimum Gasteiger partial charge on any atom is -0.497 e. The molecule has 4 rings (SSSR count). The maximum Gasteiger partial charge on any atom is 0.229 e. The minimum absolute atomic E-state index is 0.0265. The summed E-state index contributed by atoms with van der Waals surface area (Å²) in [6.07, 6.45) is 5.20. The van der Waals surface area contributed by atoms with Crippen molar-refractivity contribution in [1.29, 1.82) is 0 Å². The van der Waals surface area contributed by atoms with Gasteiger partial charge in [-0.05, 0) is 37.1 Å². The molecule has 2 aromatic heterocycles. The number of carbonyl (C=O) groups is 1. The highest BCUT2D eigenvalue weighted by Crippen LogP contribution is 2.28. The van der Waals surface area contributed by atoms with Gasteiger partial charge in [-0.15, -0.1) is 10.2 Å². The molecule has 1 aliphatic rings. The van der Waals surface area contributed by atoms with E-state index in [-0.39, 0.29) is 11.8 Å². The van der Waals surface area contributed by atoms with E-state index in [2.05, 4.69) is 25.4 Å². The highest BCUT2D eigenvalue weighted by Gasteiger charge is 2.27. The van der Waals surface area contributed by atoms with Crippen LogP contribution in [-0.2, 0) is 4.79 Å². The van der Waals surface area contributed by atoms with Crippen LogP contribution in [0, 0.1) is 5.92 Å². The van der Waals surface area contributed by atoms with Crippen LogP contribution in [0.5, 0.6) is 11.5 Å². The number of amides is 1. The summed E-state index contributed by atoms with van der Waals surface area (Å²) < 4.78 is 10.6. The number of hydrogen-bond acceptors (Lipinski definition) is 7. The highest BCUT2D eigenvalue weighted by molar-refractivity contribution is 5.93. The molecule has 0 bridgehead atoms. The lowest BCUT2D eigenvalue weighted by Gasteiger charge is -2.32. The first kappa shape index (κ1) is 20.6. The Labute approximate surface area is 181 Å². The average Bonchev–Trinajstić information content (AvgIpc) is 2.84. The first-order valence-electron chi connectivity index (χ1n) is 10.2. The second-order valence-corrected chi connectivity index (χ2v) is 7.39. The molecule has 8 nitrogen and oxygen atoms in total. The van der Waals surface area contributed by atoms with E-state index in [1.165, 1.54) is 0 Å². The fraction of sp³-hybridized carbons (Fsp3) is 0.304. The van der Waals surface area contributed by atoms with Gasteiger partial charge in [0.15, 0.2) is 5.82 Å². The molecule has 1 atom stereocenters. The van der Waals surface area contributed by atoms with Gasteiger partial charge in [-0.2, -0.15) is 0 Å². The summed E-state index contributed by atoms with van der Waals surface area (Å²) in [7, 11) is 3.17. The maximum absolute atomic E-state index is 12.9. The lowest BCUT2D eigenvalue weighted by atomic mass is 9.97. The number of rotatable bonds is 6. The van der Waals surface area contributed by atoms with Gasteiger partial charge in [0.1, 0.15) is 11.5 Å². The number of anilines is 2. The number of nitrogens with zero attached hydrogens (tertiary/aromatic N) is 4. The number of hydrogen-bond donors (Lipinski definition) is 1. The number of carbonyl (C=O) groups excluding carboxylic acids is 1. The van der Waals surface area contributed by atoms with E-state index in [1.807, 2.05) is 24.3 Å². The van der Waals surface area contributed by atoms with E-state index < -0.39 is 0 Å². The molecule has 0 saturated carbocycles. The quantitative estimate of drug-likeness (QED) is 0.655. The third-order valence-electron chi connectivity index (χ3n) is 5.36. The second kappa shape index (κ2) is 9.42. The molecular weight excluding hydrogens is 394 g/mol. The van der Waals surface area contributed by atoms with Gasteiger partial charge in [0, 0.05) is 54.9 Å². The standard InChI is InChI=1S/C23H25N5O3/c1-30-19-12-18(13-20(14-19)31-2)25-23(29)17-4-3-11-28(15-17)22-6-5-21(26-27-22)16-7-9-24-10-8-16/h5-10,12-14,17H,3-4,11,15H2,1-2H3,(H,25,29). The van der Waals surface area contributed by atoms with Crippen LogP contribution in [0.15, 0.2) is 54.9 Å². The molecule has 1 fully saturated rings. The van der Waals surface area contributed by atoms with Crippen molar-refractivity contribution in [2.75, 3.05) is 37.5 Å². The summed E-state index contributed by atoms with van der Waals surface area (Å²) in [5.41, 5.74) is 2.42. The van der Waals surface area contributed by atoms with E-state index in [1.54, 1.807) is 44.8 Å². The number of benzene rings is 1. The Morgan fingerprint density at radius 1 is 1.03 bits per heavy atom. The third kappa shape index (κ3) is 4.91. The molecule has 0 aliphatic carbocycles. The molecule has 160 valence electrons. The predicted octanol–water partition coefficient (Wildman–Crippen LogP) is 3.41. The monoisotopic (exact) mass is 419 g/mol. The van der Waals surface area contributed by atoms with E-state index in [4.69, 9.17) is 9.47 Å². The Morgan fingerprint density at radius 2 is 1.77 bits per heavy atom. The van der Waals surface area contributed by atoms with E-state index >= 15 is 0 Å². The van der Waals surface area contributed by atoms with Crippen LogP contribution in [-0.4, -0.2) is 48.4 Å². The average molecular weight is 419 g/mol. The first-order valence-corrected chi connectivity index (χ1v) is 10.2. The SMILES string of the molecule is COc1cc(NC(=O)C2CCCN(c3ccc(-c4ccncc4)nn3)C2)cc(OC)c1. The molecule has 0 radical (unpaired) electrons. The number of aromatic nitrogens is 3. The third-order valence-corrected chi connectivity index (χ3v) is 5.36. The van der Waals surface area contributed by atoms with Crippen LogP contribution in [0.25, 0.3) is 11.3 Å². The highest BCUT2D eigenvalue weighted by atomic mass is 16.5. The molecule has 8 heteroatoms. The molecule has 1 N–H and O–H groups in total. The van der Waals surface area contributed by atoms with Gasteiger partial charge >= 0.3 is 0 Å². The van der Waals surface area contributed by atoms with Crippen molar-refractivity contribution in [2.24, 2.45) is 5.92 Å². The first-order chi connectivity index (χ1) is 15.2. The van der Waals surface area contributed by atoms with Crippen molar-refractivity contribution in [3.8, 4) is 22.8 Å². The molecule has 1 aromatic carbocycles. The van der Waals surface area contributed by atoms with E-state index in [0.717, 1.165) is 36.5 Å². The van der Waals surface area contributed by atoms with Crippen LogP contribution in [0.2, 0.25) is 0 Å². The van der Waals surface area contributed by atoms with Crippen LogP contribution < -0.4 is 19.7 Å². The zero-order valence-electron chi connectivity index (χ0n) is 17.6. The van der Waals surface area contributed by atoms with Gasteiger partial charge < -0.3 is 19.7 Å². The number of ether oxygens (including phenoxy) is 2. The second-order valence-electron chi connectivity index (χ2n) is 7.39. The smallest absolute Gasteiger partial charge is 0.229 e. The number of pyridine rings is 1. The van der Waals surface area contributed by atoms with E-state index in [0.29, 0.717) is 23.7 Å². The molecule has 1 aliphatic heterocycles. The molecular formula is C23H25N5O3. The van der Waals surface area contributed by atoms with Gasteiger partial charge in [-0.1, -0.05) is 0 Å². The number of methoxy groups -OCH3 is 2. The molecule has 3 heterocycles. The van der Waals surface area contributed by atoms with Crippen LogP contribution >= 0.6 is 0 Å². The summed E-state index contributed by atoms with van der Waals surface area (Å²) in [6, 6.07) is 13.0. The summed E-state index contributed by atoms with van der Waals surface area (Å²) in [5.74, 6) is 1.86. The Morgan fingerprint density at radius 3 is 2.42 bits per heavy atom. The summed E-state index contributed by atoms with van der Waals surface area (Å²) in [5, 5.41) is 11.7. The fourth-order valence-corrected chi connectivity index (χ4v) is 3.69. The lowest BCUT2D eigenvalue weighted by Crippen LogP contribution is -2.41. The normalized spacial score (nSPS) is 15.9. The van der Waals surface area contributed by atoms with Gasteiger partial charge in [-0.25, -0.2) is 0 Å². The van der Waals surface area contributed by atoms with Crippen molar-refractivity contribution in [1.82, 2.24) is 15.2 Å². The molecule has 0 spiro atoms. The fourth-order valence-electron chi connectivity index (χ4n) is 3.69. The van der Waals surface area contributed by atoms with Crippen LogP contribution in [0.3, 0.4) is 0 Å². The van der Waals surface area contributed by atoms with E-state index in [9.17, 15) is 4.79 Å². The summed E-state index contributed by atoms with van der Waals surface area (Å²) in [6.45, 7) is 1.44. The zero-order valence-corrected chi connectivity index (χ0v) is 17.6. The van der Waals surface area contributed by atoms with Crippen molar-refractivity contribution < 1.29 is 14.3 Å². The molecule has 1 amide bonds. The van der Waals surface area contributed by atoms with Crippen molar-refractivity contribution in [3.63, 3.8) is 0 Å². The topological polar surface area (TPSA) is 89.5 Å². The van der Waals surface area contributed by atoms with Crippen LogP contribution in [0.4, 0.5) is 11.5 Å². The largest absolute Gasteiger partial charge is 0.497 e.